The van der Waals surface area contributed by atoms with Gasteiger partial charge in [0.15, 0.2) is 0 Å². The largest absolute Gasteiger partial charge is 0.344 e. The fraction of sp³-hybridized carbons (Fsp3) is 0.444. The van der Waals surface area contributed by atoms with Crippen LogP contribution in [0.25, 0.3) is 0 Å². The first-order valence-corrected chi connectivity index (χ1v) is 6.09. The predicted molar refractivity (Wildman–Crippen MR) is 61.6 cm³/mol. The Labute approximate surface area is 97.2 Å². The van der Waals surface area contributed by atoms with E-state index in [1.165, 1.54) is 11.3 Å². The summed E-state index contributed by atoms with van der Waals surface area (Å²) < 4.78 is 0. The van der Waals surface area contributed by atoms with Crippen molar-refractivity contribution in [2.75, 3.05) is 11.8 Å². The van der Waals surface area contributed by atoms with Gasteiger partial charge < -0.3 is 5.32 Å². The molecule has 0 atom stereocenters. The van der Waals surface area contributed by atoms with E-state index in [1.807, 2.05) is 12.3 Å². The summed E-state index contributed by atoms with van der Waals surface area (Å²) >= 11 is 12.9. The van der Waals surface area contributed by atoms with Crippen LogP contribution >= 0.6 is 34.5 Å². The molecule has 0 aromatic carbocycles. The molecule has 1 aromatic rings. The van der Waals surface area contributed by atoms with Gasteiger partial charge >= 0.3 is 0 Å². The summed E-state index contributed by atoms with van der Waals surface area (Å²) in [4.78, 5) is 11.6. The normalized spacial score (nSPS) is 11.4. The first-order valence-electron chi connectivity index (χ1n) is 4.08. The highest BCUT2D eigenvalue weighted by atomic mass is 35.5. The molecule has 0 aliphatic carbocycles. The molecule has 0 aliphatic heterocycles. The highest BCUT2D eigenvalue weighted by molar-refractivity contribution is 7.08. The zero-order chi connectivity index (χ0) is 10.6. The highest BCUT2D eigenvalue weighted by Crippen LogP contribution is 2.12. The molecule has 0 aliphatic rings. The van der Waals surface area contributed by atoms with Crippen LogP contribution in [0.2, 0.25) is 0 Å². The molecule has 2 nitrogen and oxygen atoms in total. The van der Waals surface area contributed by atoms with Crippen molar-refractivity contribution < 1.29 is 4.79 Å². The molecule has 1 aromatic heterocycles. The molecule has 0 fully saturated rings. The Balaban J connectivity index is 2.65. The Kier molecular flexibility index (Phi) is 4.23. The first-order chi connectivity index (χ1) is 6.61. The molecular weight excluding hydrogens is 241 g/mol. The van der Waals surface area contributed by atoms with Crippen LogP contribution in [0.4, 0.5) is 0 Å². The molecule has 0 unspecified atom stereocenters. The van der Waals surface area contributed by atoms with Crippen molar-refractivity contribution >= 4 is 40.4 Å². The van der Waals surface area contributed by atoms with E-state index in [1.54, 1.807) is 11.4 Å². The van der Waals surface area contributed by atoms with Gasteiger partial charge in [-0.15, -0.1) is 23.2 Å². The number of carbonyl (C=O) groups excluding carboxylic acids is 1. The minimum atomic E-state index is -0.540. The maximum absolute atomic E-state index is 11.6. The molecule has 1 N–H and O–H groups in total. The molecule has 1 amide bonds. The lowest BCUT2D eigenvalue weighted by Crippen LogP contribution is -2.49. The van der Waals surface area contributed by atoms with E-state index in [4.69, 9.17) is 23.2 Å². The van der Waals surface area contributed by atoms with E-state index in [0.29, 0.717) is 17.3 Å². The van der Waals surface area contributed by atoms with Gasteiger partial charge in [-0.1, -0.05) is 0 Å². The summed E-state index contributed by atoms with van der Waals surface area (Å²) in [5.74, 6) is 0.466. The van der Waals surface area contributed by atoms with Crippen LogP contribution in [0.3, 0.4) is 0 Å². The summed E-state index contributed by atoms with van der Waals surface area (Å²) in [6, 6.07) is 1.77. The van der Waals surface area contributed by atoms with Gasteiger partial charge in [-0.2, -0.15) is 11.3 Å². The predicted octanol–water partition coefficient (Wildman–Crippen LogP) is 2.71. The van der Waals surface area contributed by atoms with Gasteiger partial charge in [-0.3, -0.25) is 4.79 Å². The van der Waals surface area contributed by atoms with Crippen LogP contribution in [0.5, 0.6) is 0 Å². The van der Waals surface area contributed by atoms with Crippen LogP contribution in [0.1, 0.15) is 17.3 Å². The first kappa shape index (κ1) is 11.8. The summed E-state index contributed by atoms with van der Waals surface area (Å²) in [6.45, 7) is 1.82. The van der Waals surface area contributed by atoms with Crippen molar-refractivity contribution in [3.05, 3.63) is 22.4 Å². The van der Waals surface area contributed by atoms with Crippen molar-refractivity contribution in [3.63, 3.8) is 0 Å². The fourth-order valence-corrected chi connectivity index (χ4v) is 1.90. The van der Waals surface area contributed by atoms with E-state index in [-0.39, 0.29) is 5.91 Å². The van der Waals surface area contributed by atoms with Gasteiger partial charge in [0.05, 0.1) is 11.1 Å². The number of hydrogen-bond acceptors (Lipinski definition) is 2. The molecule has 0 radical (unpaired) electrons. The Bertz CT molecular complexity index is 296. The standard InChI is InChI=1S/C9H11Cl2NOS/c1-9(5-10,6-11)12-8(13)7-2-3-14-4-7/h2-4H,5-6H2,1H3,(H,12,13). The number of hydrogen-bond donors (Lipinski definition) is 1. The zero-order valence-electron chi connectivity index (χ0n) is 7.72. The number of carbonyl (C=O) groups is 1. The third kappa shape index (κ3) is 2.87. The zero-order valence-corrected chi connectivity index (χ0v) is 10.0. The Morgan fingerprint density at radius 1 is 1.57 bits per heavy atom. The molecule has 0 bridgehead atoms. The molecule has 78 valence electrons. The van der Waals surface area contributed by atoms with Gasteiger partial charge in [0.2, 0.25) is 0 Å². The van der Waals surface area contributed by atoms with E-state index < -0.39 is 5.54 Å². The second-order valence-corrected chi connectivity index (χ2v) is 4.61. The Hall–Kier alpha value is -0.250. The topological polar surface area (TPSA) is 29.1 Å². The van der Waals surface area contributed by atoms with E-state index in [0.717, 1.165) is 0 Å². The molecule has 14 heavy (non-hydrogen) atoms. The van der Waals surface area contributed by atoms with Crippen LogP contribution in [0.15, 0.2) is 16.8 Å². The molecule has 1 rings (SSSR count). The van der Waals surface area contributed by atoms with E-state index >= 15 is 0 Å². The van der Waals surface area contributed by atoms with Crippen molar-refractivity contribution in [1.29, 1.82) is 0 Å². The van der Waals surface area contributed by atoms with Crippen LogP contribution in [-0.2, 0) is 0 Å². The molecule has 0 saturated carbocycles. The molecular formula is C9H11Cl2NOS. The number of nitrogens with one attached hydrogen (secondary N) is 1. The fourth-order valence-electron chi connectivity index (χ4n) is 0.842. The minimum absolute atomic E-state index is 0.130. The molecule has 1 heterocycles. The summed E-state index contributed by atoms with van der Waals surface area (Å²) in [7, 11) is 0. The third-order valence-corrected chi connectivity index (χ3v) is 3.65. The molecule has 0 saturated heterocycles. The number of thiophene rings is 1. The SMILES string of the molecule is CC(CCl)(CCl)NC(=O)c1ccsc1. The molecule has 5 heteroatoms. The van der Waals surface area contributed by atoms with Crippen molar-refractivity contribution in [1.82, 2.24) is 5.32 Å². The van der Waals surface area contributed by atoms with Gasteiger partial charge in [-0.25, -0.2) is 0 Å². The lowest BCUT2D eigenvalue weighted by Gasteiger charge is -2.25. The van der Waals surface area contributed by atoms with Gasteiger partial charge in [0, 0.05) is 17.1 Å². The second kappa shape index (κ2) is 5.01. The van der Waals surface area contributed by atoms with Crippen LogP contribution in [-0.4, -0.2) is 23.2 Å². The number of halogens is 2. The van der Waals surface area contributed by atoms with Crippen molar-refractivity contribution in [2.24, 2.45) is 0 Å². The monoisotopic (exact) mass is 251 g/mol. The van der Waals surface area contributed by atoms with Gasteiger partial charge in [-0.05, 0) is 18.4 Å². The average Bonchev–Trinajstić information content (AvgIpc) is 2.70. The maximum Gasteiger partial charge on any atom is 0.252 e. The Morgan fingerprint density at radius 2 is 2.21 bits per heavy atom. The number of alkyl halides is 2. The second-order valence-electron chi connectivity index (χ2n) is 3.29. The summed E-state index contributed by atoms with van der Waals surface area (Å²) in [6.07, 6.45) is 0. The maximum atomic E-state index is 11.6. The smallest absolute Gasteiger partial charge is 0.252 e. The lowest BCUT2D eigenvalue weighted by molar-refractivity contribution is 0.0922. The quantitative estimate of drug-likeness (QED) is 0.820. The van der Waals surface area contributed by atoms with E-state index in [9.17, 15) is 4.79 Å². The van der Waals surface area contributed by atoms with Crippen LogP contribution in [0, 0.1) is 0 Å². The van der Waals surface area contributed by atoms with Gasteiger partial charge in [0.1, 0.15) is 0 Å². The average molecular weight is 252 g/mol. The van der Waals surface area contributed by atoms with Crippen molar-refractivity contribution in [3.8, 4) is 0 Å². The van der Waals surface area contributed by atoms with E-state index in [2.05, 4.69) is 5.32 Å². The molecule has 0 spiro atoms. The number of rotatable bonds is 4. The lowest BCUT2D eigenvalue weighted by atomic mass is 10.1. The van der Waals surface area contributed by atoms with Crippen molar-refractivity contribution in [2.45, 2.75) is 12.5 Å². The minimum Gasteiger partial charge on any atom is -0.344 e. The highest BCUT2D eigenvalue weighted by Gasteiger charge is 2.24. The number of amides is 1. The summed E-state index contributed by atoms with van der Waals surface area (Å²) in [5, 5.41) is 6.44. The third-order valence-electron chi connectivity index (χ3n) is 1.79. The summed E-state index contributed by atoms with van der Waals surface area (Å²) in [5.41, 5.74) is 0.110. The van der Waals surface area contributed by atoms with Gasteiger partial charge in [0.25, 0.3) is 5.91 Å². The van der Waals surface area contributed by atoms with Crippen LogP contribution < -0.4 is 5.32 Å². The Morgan fingerprint density at radius 3 is 2.64 bits per heavy atom.